The first-order valence-corrected chi connectivity index (χ1v) is 46.2. The average molecular weight is 1980 g/mol. The van der Waals surface area contributed by atoms with Crippen LogP contribution in [-0.2, 0) is 50.3 Å². The summed E-state index contributed by atoms with van der Waals surface area (Å²) >= 11 is 31.3. The van der Waals surface area contributed by atoms with E-state index < -0.39 is 0 Å². The second-order valence-electron chi connectivity index (χ2n) is 33.7. The van der Waals surface area contributed by atoms with Crippen molar-refractivity contribution in [2.24, 2.45) is 0 Å². The van der Waals surface area contributed by atoms with Gasteiger partial charge in [-0.2, -0.15) is 24.9 Å². The first kappa shape index (κ1) is 102. The van der Waals surface area contributed by atoms with E-state index in [1.165, 1.54) is 6.42 Å². The molecule has 0 spiro atoms. The molecule has 36 nitrogen and oxygen atoms in total. The van der Waals surface area contributed by atoms with E-state index in [0.717, 1.165) is 157 Å². The monoisotopic (exact) mass is 1970 g/mol. The fourth-order valence-corrected chi connectivity index (χ4v) is 19.0. The molecule has 0 amide bonds. The highest BCUT2D eigenvalue weighted by molar-refractivity contribution is 6.35. The third kappa shape index (κ3) is 21.4. The third-order valence-electron chi connectivity index (χ3n) is 24.6. The van der Waals surface area contributed by atoms with Crippen molar-refractivity contribution < 1.29 is 28.4 Å². The predicted molar refractivity (Wildman–Crippen MR) is 540 cm³/mol. The zero-order chi connectivity index (χ0) is 99.9. The van der Waals surface area contributed by atoms with E-state index in [-0.39, 0.29) is 116 Å². The van der Waals surface area contributed by atoms with Crippen molar-refractivity contribution >= 4 is 143 Å². The average Bonchev–Trinajstić information content (AvgIpc) is 0.778. The van der Waals surface area contributed by atoms with Crippen LogP contribution in [0.5, 0.6) is 28.7 Å². The lowest BCUT2D eigenvalue weighted by Crippen LogP contribution is -2.24. The minimum Gasteiger partial charge on any atom is -0.496 e. The van der Waals surface area contributed by atoms with E-state index in [4.69, 9.17) is 115 Å². The molecule has 0 bridgehead atoms. The molecule has 1 saturated heterocycles. The van der Waals surface area contributed by atoms with E-state index in [0.29, 0.717) is 115 Å². The third-order valence-corrected chi connectivity index (χ3v) is 26.0. The molecular formula is C97H108Cl5N25O11. The Morgan fingerprint density at radius 1 is 0.348 bits per heavy atom. The fraction of sp³-hybridized carbons (Fsp3) is 0.361. The fourth-order valence-electron chi connectivity index (χ4n) is 17.7. The van der Waals surface area contributed by atoms with Crippen LogP contribution in [0.4, 0.5) is 29.7 Å². The Balaban J connectivity index is 0.000000146. The molecule has 1 aliphatic heterocycles. The summed E-state index contributed by atoms with van der Waals surface area (Å²) in [6.07, 6.45) is 27.5. The van der Waals surface area contributed by atoms with E-state index in [2.05, 4.69) is 81.3 Å². The topological polar surface area (TPSA) is 489 Å². The molecule has 10 N–H and O–H groups in total. The number of nitrogens with two attached hydrogens (primary N) is 5. The van der Waals surface area contributed by atoms with Crippen molar-refractivity contribution in [3.63, 3.8) is 0 Å². The smallest absolute Gasteiger partial charge is 0.223 e. The largest absolute Gasteiger partial charge is 0.496 e. The van der Waals surface area contributed by atoms with Crippen LogP contribution in [0, 0.1) is 76.2 Å². The first-order valence-electron chi connectivity index (χ1n) is 44.3. The van der Waals surface area contributed by atoms with Gasteiger partial charge in [-0.1, -0.05) is 90.3 Å². The van der Waals surface area contributed by atoms with Crippen LogP contribution in [0.2, 0.25) is 25.8 Å². The lowest BCUT2D eigenvalue weighted by atomic mass is 9.84. The normalized spacial score (nSPS) is 12.7. The molecule has 0 unspecified atom stereocenters. The van der Waals surface area contributed by atoms with Crippen molar-refractivity contribution in [1.29, 1.82) is 0 Å². The molecule has 1 saturated carbocycles. The Labute approximate surface area is 818 Å². The summed E-state index contributed by atoms with van der Waals surface area (Å²) in [6, 6.07) is 0. The summed E-state index contributed by atoms with van der Waals surface area (Å²) < 4.78 is 42.2. The molecule has 0 atom stereocenters. The quantitative estimate of drug-likeness (QED) is 0.0349. The van der Waals surface area contributed by atoms with Crippen molar-refractivity contribution in [3.8, 4) is 28.7 Å². The van der Waals surface area contributed by atoms with E-state index in [1.807, 2.05) is 107 Å². The molecule has 722 valence electrons. The van der Waals surface area contributed by atoms with Crippen LogP contribution >= 0.6 is 58.0 Å². The second-order valence-corrected chi connectivity index (χ2v) is 35.5. The lowest BCUT2D eigenvalue weighted by molar-refractivity contribution is 0.0850. The van der Waals surface area contributed by atoms with Crippen LogP contribution in [-0.4, -0.2) is 146 Å². The zero-order valence-corrected chi connectivity index (χ0v) is 83.5. The highest BCUT2D eigenvalue weighted by atomic mass is 35.5. The van der Waals surface area contributed by atoms with Crippen LogP contribution in [0.25, 0.3) is 55.2 Å². The minimum atomic E-state index is -0.225. The van der Waals surface area contributed by atoms with Gasteiger partial charge in [0.05, 0.1) is 96.7 Å². The van der Waals surface area contributed by atoms with E-state index in [9.17, 15) is 24.0 Å². The summed E-state index contributed by atoms with van der Waals surface area (Å²) in [6.45, 7) is 30.1. The molecule has 138 heavy (non-hydrogen) atoms. The van der Waals surface area contributed by atoms with E-state index in [1.54, 1.807) is 103 Å². The van der Waals surface area contributed by atoms with E-state index >= 15 is 0 Å². The first-order chi connectivity index (χ1) is 65.9. The van der Waals surface area contributed by atoms with Gasteiger partial charge in [0.15, 0.2) is 55.4 Å². The van der Waals surface area contributed by atoms with Gasteiger partial charge in [-0.3, -0.25) is 48.9 Å². The number of aryl methyl sites for hydroxylation is 7. The number of fused-ring (bicyclic) bond motifs is 5. The Kier molecular flexibility index (Phi) is 32.3. The maximum absolute atomic E-state index is 13.3. The number of aromatic nitrogens is 20. The second kappa shape index (κ2) is 43.8. The lowest BCUT2D eigenvalue weighted by Gasteiger charge is -2.23. The van der Waals surface area contributed by atoms with Crippen molar-refractivity contribution in [2.75, 3.05) is 77.4 Å². The summed E-state index contributed by atoms with van der Waals surface area (Å²) in [4.78, 5) is 128. The van der Waals surface area contributed by atoms with Gasteiger partial charge in [-0.25, -0.2) is 24.9 Å². The van der Waals surface area contributed by atoms with Gasteiger partial charge in [0.2, 0.25) is 29.7 Å². The van der Waals surface area contributed by atoms with Crippen molar-refractivity contribution in [3.05, 3.63) is 263 Å². The van der Waals surface area contributed by atoms with Gasteiger partial charge in [0, 0.05) is 159 Å². The number of hydrogen-bond donors (Lipinski definition) is 5. The molecule has 41 heteroatoms. The number of allylic oxidation sites excluding steroid dienone is 1. The molecule has 17 rings (SSSR count). The number of nitrogen functional groups attached to an aromatic ring is 5. The van der Waals surface area contributed by atoms with Crippen molar-refractivity contribution in [2.45, 2.75) is 185 Å². The van der Waals surface area contributed by atoms with Gasteiger partial charge < -0.3 is 79.9 Å². The Hall–Kier alpha value is -13.7. The molecule has 2 aliphatic rings. The number of nitrogens with zero attached hydrogens (tertiary/aromatic N) is 20. The molecule has 15 aromatic rings. The minimum absolute atomic E-state index is 0.00304. The molecular weight excluding hydrogens is 1870 g/mol. The number of ether oxygens (including phenoxy) is 6. The number of anilines is 5. The van der Waals surface area contributed by atoms with Crippen LogP contribution in [0.3, 0.4) is 0 Å². The van der Waals surface area contributed by atoms with Gasteiger partial charge in [-0.05, 0) is 127 Å². The van der Waals surface area contributed by atoms with Crippen molar-refractivity contribution in [1.82, 2.24) is 97.6 Å². The number of hydrogen-bond acceptors (Lipinski definition) is 31. The molecule has 1 aliphatic carbocycles. The number of halogens is 5. The molecule has 16 heterocycles. The van der Waals surface area contributed by atoms with Gasteiger partial charge >= 0.3 is 0 Å². The summed E-state index contributed by atoms with van der Waals surface area (Å²) in [5, 5.41) is 1.69. The maximum Gasteiger partial charge on any atom is 0.223 e. The standard InChI is InChI=1S/C22H26ClN5O2.C21H24ClN5O3.C19H20ClN5O2.C18H20ClN5O2.C17H18ClN5O2/c1-12-9-25-16(13(2)19(12)30-3)11-28-10-15(14-7-5-4-6-8-14)18(29)17-20(23)26-22(24)27-21(17)28;1-11-8-24-15(12(2)18(11)29-3)10-27-9-14(13-4-6-30-7-5-13)17(28)16-19(22)25-21(23)26-20(16)27;1-5-6-12-8-25(9-13-11(3)16(27-4)10(2)7-22-13)18-14(15(12)26)17(20)23-19(21)24-18;1-5-11-7-24(8-12-10(3)15(26-4)9(2)6-21-12)17-13(14(11)25)16(19)22-18(20)23-17;1-8-5-20-11(10(3)14(8)25-4)7-23-6-9(2)13(24)12-15(18)21-17(19)22-16(12)23/h9-10,14H,4-8,11H2,1-3H3,(H2,24,26,27);8-9,13H,4-7,10H2,1-3H3,(H2,23,25,26);5,7-8H,1,6,9H2,2-4H3,(H2,21,23,24);6-7H,5,8H2,1-4H3,(H2,20,22,23);5-6H,7H2,1-4H3,(H2,19,21,22). The Morgan fingerprint density at radius 2 is 0.601 bits per heavy atom. The number of rotatable bonds is 20. The van der Waals surface area contributed by atoms with Crippen LogP contribution in [0.15, 0.2) is 98.6 Å². The maximum atomic E-state index is 13.3. The Morgan fingerprint density at radius 3 is 0.884 bits per heavy atom. The van der Waals surface area contributed by atoms with Gasteiger partial charge in [0.1, 0.15) is 81.4 Å². The molecule has 0 radical (unpaired) electrons. The molecule has 0 aromatic carbocycles. The van der Waals surface area contributed by atoms with Crippen LogP contribution in [0.1, 0.15) is 176 Å². The molecule has 2 fully saturated rings. The zero-order valence-electron chi connectivity index (χ0n) is 79.7. The Bertz CT molecular complexity index is 7430. The summed E-state index contributed by atoms with van der Waals surface area (Å²) in [7, 11) is 8.19. The highest BCUT2D eigenvalue weighted by Crippen LogP contribution is 2.37. The summed E-state index contributed by atoms with van der Waals surface area (Å²) in [5.41, 5.74) is 46.8. The van der Waals surface area contributed by atoms with Crippen LogP contribution < -0.4 is 79.5 Å². The number of methoxy groups -OCH3 is 5. The van der Waals surface area contributed by atoms with Gasteiger partial charge in [0.25, 0.3) is 0 Å². The highest BCUT2D eigenvalue weighted by Gasteiger charge is 2.29. The summed E-state index contributed by atoms with van der Waals surface area (Å²) in [5.74, 6) is 4.38. The SMILES string of the molecule is C=CCc1cn(Cc2ncc(C)c(OC)c2C)c2nc(N)nc(Cl)c2c1=O.CCc1cn(Cc2ncc(C)c(OC)c2C)c2nc(N)nc(Cl)c2c1=O.COc1c(C)cnc(Cn2cc(C)c(=O)c3c(Cl)nc(N)nc32)c1C.COc1c(C)cnc(Cn2cc(C3CCCCC3)c(=O)c3c(Cl)nc(N)nc32)c1C.COc1c(C)cnc(Cn2cc(C3CCOCC3)c(=O)c3c(Cl)nc(N)nc32)c1C. The molecule has 15 aromatic heterocycles. The predicted octanol–water partition coefficient (Wildman–Crippen LogP) is 15.0. The van der Waals surface area contributed by atoms with Gasteiger partial charge in [-0.15, -0.1) is 6.58 Å². The number of pyridine rings is 10.